The van der Waals surface area contributed by atoms with E-state index < -0.39 is 5.75 Å². The Balaban J connectivity index is 2.48. The molecule has 1 unspecified atom stereocenters. The zero-order chi connectivity index (χ0) is 11.7. The van der Waals surface area contributed by atoms with E-state index in [1.807, 2.05) is 6.92 Å². The number of hydrogen-bond donors (Lipinski definition) is 4. The Morgan fingerprint density at radius 3 is 2.62 bits per heavy atom. The number of rotatable bonds is 1. The van der Waals surface area contributed by atoms with Crippen LogP contribution in [0, 0.1) is 0 Å². The van der Waals surface area contributed by atoms with Crippen LogP contribution in [-0.4, -0.2) is 21.7 Å². The lowest BCUT2D eigenvalue weighted by Crippen LogP contribution is -2.12. The van der Waals surface area contributed by atoms with Crippen molar-refractivity contribution < 1.29 is 15.3 Å². The van der Waals surface area contributed by atoms with Crippen LogP contribution in [0.4, 0.5) is 0 Å². The van der Waals surface area contributed by atoms with Crippen molar-refractivity contribution >= 4 is 6.34 Å². The Labute approximate surface area is 92.4 Å². The van der Waals surface area contributed by atoms with Crippen LogP contribution in [0.3, 0.4) is 0 Å². The third-order valence-electron chi connectivity index (χ3n) is 2.50. The van der Waals surface area contributed by atoms with Gasteiger partial charge in [-0.25, -0.2) is 0 Å². The fourth-order valence-corrected chi connectivity index (χ4v) is 1.61. The van der Waals surface area contributed by atoms with E-state index >= 15 is 0 Å². The topological polar surface area (TPSA) is 85.1 Å². The van der Waals surface area contributed by atoms with Crippen LogP contribution >= 0.6 is 0 Å². The molecule has 2 rings (SSSR count). The van der Waals surface area contributed by atoms with E-state index in [1.54, 1.807) is 6.20 Å². The van der Waals surface area contributed by atoms with E-state index in [0.717, 1.165) is 5.57 Å². The third-order valence-corrected chi connectivity index (χ3v) is 2.50. The summed E-state index contributed by atoms with van der Waals surface area (Å²) < 4.78 is 0. The molecule has 5 heteroatoms. The van der Waals surface area contributed by atoms with Gasteiger partial charge in [0.05, 0.1) is 6.34 Å². The molecule has 1 heterocycles. The first-order chi connectivity index (χ1) is 7.61. The van der Waals surface area contributed by atoms with Crippen LogP contribution in [0.2, 0.25) is 0 Å². The predicted octanol–water partition coefficient (Wildman–Crippen LogP) is 1.38. The Kier molecular flexibility index (Phi) is 2.44. The van der Waals surface area contributed by atoms with Crippen molar-refractivity contribution in [1.82, 2.24) is 5.32 Å². The summed E-state index contributed by atoms with van der Waals surface area (Å²) in [6.45, 7) is 1.86. The lowest BCUT2D eigenvalue weighted by molar-refractivity contribution is 0.364. The van der Waals surface area contributed by atoms with Gasteiger partial charge in [-0.15, -0.1) is 0 Å². The average Bonchev–Trinajstić information content (AvgIpc) is 2.28. The molecule has 1 aliphatic heterocycles. The Morgan fingerprint density at radius 2 is 1.94 bits per heavy atom. The molecule has 0 radical (unpaired) electrons. The smallest absolute Gasteiger partial charge is 0.200 e. The highest BCUT2D eigenvalue weighted by atomic mass is 16.3. The molecule has 1 aromatic carbocycles. The van der Waals surface area contributed by atoms with Gasteiger partial charge in [0.2, 0.25) is 5.75 Å². The van der Waals surface area contributed by atoms with E-state index in [1.165, 1.54) is 18.5 Å². The summed E-state index contributed by atoms with van der Waals surface area (Å²) in [6.07, 6.45) is 3.28. The summed E-state index contributed by atoms with van der Waals surface area (Å²) in [5.74, 6) is -1.20. The molecule has 4 N–H and O–H groups in total. The van der Waals surface area contributed by atoms with Gasteiger partial charge in [-0.05, 0) is 24.6 Å². The minimum Gasteiger partial charge on any atom is -0.504 e. The van der Waals surface area contributed by atoms with Crippen molar-refractivity contribution in [2.45, 2.75) is 13.0 Å². The zero-order valence-electron chi connectivity index (χ0n) is 8.68. The molecule has 16 heavy (non-hydrogen) atoms. The maximum absolute atomic E-state index is 9.72. The van der Waals surface area contributed by atoms with Gasteiger partial charge in [-0.2, -0.15) is 0 Å². The first-order valence-corrected chi connectivity index (χ1v) is 4.79. The molecular weight excluding hydrogens is 208 g/mol. The van der Waals surface area contributed by atoms with Gasteiger partial charge in [0, 0.05) is 11.8 Å². The van der Waals surface area contributed by atoms with Gasteiger partial charge < -0.3 is 20.6 Å². The van der Waals surface area contributed by atoms with E-state index in [-0.39, 0.29) is 17.5 Å². The molecular formula is C11H12N2O3. The van der Waals surface area contributed by atoms with E-state index in [2.05, 4.69) is 10.3 Å². The molecule has 0 bridgehead atoms. The molecule has 1 aromatic rings. The molecule has 84 valence electrons. The number of nitrogens with zero attached hydrogens (tertiary/aromatic N) is 1. The number of phenolic OH excluding ortho intramolecular Hbond substituents is 3. The van der Waals surface area contributed by atoms with Crippen LogP contribution in [-0.2, 0) is 0 Å². The monoisotopic (exact) mass is 220 g/mol. The van der Waals surface area contributed by atoms with E-state index in [0.29, 0.717) is 5.56 Å². The molecule has 0 aliphatic carbocycles. The lowest BCUT2D eigenvalue weighted by Gasteiger charge is -2.18. The van der Waals surface area contributed by atoms with Gasteiger partial charge in [-0.1, -0.05) is 0 Å². The Hall–Kier alpha value is -2.17. The summed E-state index contributed by atoms with van der Waals surface area (Å²) in [5, 5.41) is 31.2. The summed E-state index contributed by atoms with van der Waals surface area (Å²) in [7, 11) is 0. The second-order valence-electron chi connectivity index (χ2n) is 3.61. The largest absolute Gasteiger partial charge is 0.504 e. The van der Waals surface area contributed by atoms with Crippen molar-refractivity contribution in [1.29, 1.82) is 0 Å². The highest BCUT2D eigenvalue weighted by Gasteiger charge is 2.21. The lowest BCUT2D eigenvalue weighted by atomic mass is 9.99. The third kappa shape index (κ3) is 1.56. The van der Waals surface area contributed by atoms with Crippen molar-refractivity contribution in [2.24, 2.45) is 4.99 Å². The summed E-state index contributed by atoms with van der Waals surface area (Å²) in [5.41, 5.74) is 1.37. The minimum atomic E-state index is -0.515. The Bertz CT molecular complexity index is 480. The van der Waals surface area contributed by atoms with Crippen molar-refractivity contribution in [3.05, 3.63) is 29.5 Å². The number of phenols is 3. The van der Waals surface area contributed by atoms with Crippen molar-refractivity contribution in [3.8, 4) is 17.2 Å². The van der Waals surface area contributed by atoms with Crippen LogP contribution < -0.4 is 5.32 Å². The predicted molar refractivity (Wildman–Crippen MR) is 59.6 cm³/mol. The maximum Gasteiger partial charge on any atom is 0.200 e. The van der Waals surface area contributed by atoms with Gasteiger partial charge in [0.15, 0.2) is 11.5 Å². The van der Waals surface area contributed by atoms with Gasteiger partial charge >= 0.3 is 0 Å². The minimum absolute atomic E-state index is 0.336. The second-order valence-corrected chi connectivity index (χ2v) is 3.61. The highest BCUT2D eigenvalue weighted by molar-refractivity contribution is 5.62. The van der Waals surface area contributed by atoms with Gasteiger partial charge in [0.25, 0.3) is 0 Å². The maximum atomic E-state index is 9.72. The summed E-state index contributed by atoms with van der Waals surface area (Å²) in [6, 6.07) is 2.53. The number of hydrogen-bond acceptors (Lipinski definition) is 5. The zero-order valence-corrected chi connectivity index (χ0v) is 8.68. The second kappa shape index (κ2) is 3.77. The van der Waals surface area contributed by atoms with Crippen LogP contribution in [0.1, 0.15) is 18.5 Å². The average molecular weight is 220 g/mol. The highest BCUT2D eigenvalue weighted by Crippen LogP contribution is 2.42. The molecule has 0 saturated heterocycles. The van der Waals surface area contributed by atoms with Gasteiger partial charge in [-0.3, -0.25) is 4.99 Å². The molecule has 0 saturated carbocycles. The fraction of sp³-hybridized carbons (Fsp3) is 0.182. The number of nitrogens with one attached hydrogen (secondary N) is 1. The molecule has 0 fully saturated rings. The number of aliphatic imine (C=N–C) groups is 1. The SMILES string of the molecule is CC1=CNC=NC1c1ccc(O)c(O)c1O. The molecule has 0 amide bonds. The van der Waals surface area contributed by atoms with Crippen molar-refractivity contribution in [2.75, 3.05) is 0 Å². The Morgan fingerprint density at radius 1 is 1.19 bits per heavy atom. The van der Waals surface area contributed by atoms with E-state index in [9.17, 15) is 15.3 Å². The molecule has 1 aliphatic rings. The molecule has 1 atom stereocenters. The first-order valence-electron chi connectivity index (χ1n) is 4.79. The van der Waals surface area contributed by atoms with Crippen LogP contribution in [0.25, 0.3) is 0 Å². The first kappa shape index (κ1) is 10.4. The normalized spacial score (nSPS) is 19.1. The van der Waals surface area contributed by atoms with Gasteiger partial charge in [0.1, 0.15) is 6.04 Å². The molecule has 5 nitrogen and oxygen atoms in total. The van der Waals surface area contributed by atoms with E-state index in [4.69, 9.17) is 0 Å². The summed E-state index contributed by atoms with van der Waals surface area (Å²) >= 11 is 0. The van der Waals surface area contributed by atoms with Crippen LogP contribution in [0.5, 0.6) is 17.2 Å². The molecule has 0 aromatic heterocycles. The number of aromatic hydroxyl groups is 3. The fourth-order valence-electron chi connectivity index (χ4n) is 1.61. The number of benzene rings is 1. The standard InChI is InChI=1S/C11H12N2O3/c1-6-4-12-5-13-9(6)7-2-3-8(14)11(16)10(7)15/h2-5,9,14-16H,1H3,(H,12,13). The van der Waals surface area contributed by atoms with Crippen molar-refractivity contribution in [3.63, 3.8) is 0 Å². The summed E-state index contributed by atoms with van der Waals surface area (Å²) in [4.78, 5) is 4.16. The molecule has 0 spiro atoms. The van der Waals surface area contributed by atoms with Crippen LogP contribution in [0.15, 0.2) is 28.9 Å². The quantitative estimate of drug-likeness (QED) is 0.539.